The third-order valence-corrected chi connectivity index (χ3v) is 12.4. The molecule has 0 spiro atoms. The van der Waals surface area contributed by atoms with Crippen LogP contribution in [0.1, 0.15) is 93.4 Å². The summed E-state index contributed by atoms with van der Waals surface area (Å²) in [6.45, 7) is 23.1. The summed E-state index contributed by atoms with van der Waals surface area (Å²) in [5, 5.41) is 0. The smallest absolute Gasteiger partial charge is 0.276 e. The quantitative estimate of drug-likeness (QED) is 0.0777. The largest absolute Gasteiger partial charge is 0.382 e. The summed E-state index contributed by atoms with van der Waals surface area (Å²) in [5.41, 5.74) is 0. The average Bonchev–Trinajstić information content (AvgIpc) is 2.87. The lowest BCUT2D eigenvalue weighted by molar-refractivity contribution is 0.133. The SMILES string of the molecule is CCCO[P+](CCC)(CCN(CCCOCC)CC[P+](CCC)(OCCC)OCCC)OCCC. The number of hydrogen-bond donors (Lipinski definition) is 0. The second-order valence-electron chi connectivity index (χ2n) is 9.25. The number of nitrogens with zero attached hydrogens (tertiary/aromatic N) is 1. The van der Waals surface area contributed by atoms with Crippen molar-refractivity contribution in [1.82, 2.24) is 4.90 Å². The Kier molecular flexibility index (Phi) is 24.1. The first-order valence-electron chi connectivity index (χ1n) is 14.6. The highest BCUT2D eigenvalue weighted by atomic mass is 31.2. The van der Waals surface area contributed by atoms with Gasteiger partial charge in [0.1, 0.15) is 24.6 Å². The number of hydrogen-bond acceptors (Lipinski definition) is 6. The predicted octanol–water partition coefficient (Wildman–Crippen LogP) is 7.94. The van der Waals surface area contributed by atoms with Crippen LogP contribution in [0.15, 0.2) is 0 Å². The fourth-order valence-corrected chi connectivity index (χ4v) is 10.2. The highest BCUT2D eigenvalue weighted by Crippen LogP contribution is 2.62. The standard InChI is InChI=1S/C27H61NO5P2/c1-8-19-30-34(24-12-5,31-20-9-2)26-17-28(16-15-23-29-14-7)18-27-35(25-13-6,32-21-10-3)33-22-11-4/h8-27H2,1-7H3/q+2. The summed E-state index contributed by atoms with van der Waals surface area (Å²) in [4.78, 5) is 2.60. The predicted molar refractivity (Wildman–Crippen MR) is 156 cm³/mol. The Labute approximate surface area is 220 Å². The maximum atomic E-state index is 6.50. The molecule has 0 aromatic heterocycles. The van der Waals surface area contributed by atoms with E-state index < -0.39 is 15.4 Å². The topological polar surface area (TPSA) is 49.4 Å². The van der Waals surface area contributed by atoms with Crippen molar-refractivity contribution in [3.63, 3.8) is 0 Å². The molecule has 0 bridgehead atoms. The van der Waals surface area contributed by atoms with Crippen LogP contribution in [0.5, 0.6) is 0 Å². The lowest BCUT2D eigenvalue weighted by Gasteiger charge is -2.30. The van der Waals surface area contributed by atoms with E-state index in [0.29, 0.717) is 0 Å². The van der Waals surface area contributed by atoms with E-state index in [2.05, 4.69) is 53.4 Å². The van der Waals surface area contributed by atoms with Gasteiger partial charge >= 0.3 is 0 Å². The fourth-order valence-electron chi connectivity index (χ4n) is 3.98. The van der Waals surface area contributed by atoms with Crippen LogP contribution >= 0.6 is 15.4 Å². The molecular formula is C27H61NO5P2+2. The van der Waals surface area contributed by atoms with E-state index in [4.69, 9.17) is 22.8 Å². The zero-order valence-corrected chi connectivity index (χ0v) is 26.3. The molecule has 0 unspecified atom stereocenters. The molecule has 0 aliphatic carbocycles. The van der Waals surface area contributed by atoms with E-state index in [1.54, 1.807) is 0 Å². The fraction of sp³-hybridized carbons (Fsp3) is 1.00. The summed E-state index contributed by atoms with van der Waals surface area (Å²) in [6.07, 6.45) is 11.5. The first kappa shape index (κ1) is 35.6. The van der Waals surface area contributed by atoms with Gasteiger partial charge < -0.3 is 4.74 Å². The minimum Gasteiger partial charge on any atom is -0.382 e. The minimum atomic E-state index is -1.87. The Morgan fingerprint density at radius 2 is 0.857 bits per heavy atom. The van der Waals surface area contributed by atoms with E-state index in [1.807, 2.05) is 0 Å². The van der Waals surface area contributed by atoms with E-state index in [9.17, 15) is 0 Å². The molecule has 0 N–H and O–H groups in total. The Bertz CT molecular complexity index is 409. The molecule has 0 amide bonds. The molecule has 0 aromatic carbocycles. The van der Waals surface area contributed by atoms with Crippen LogP contribution in [0.3, 0.4) is 0 Å². The molecular weight excluding hydrogens is 480 g/mol. The molecule has 35 heavy (non-hydrogen) atoms. The van der Waals surface area contributed by atoms with Crippen LogP contribution in [0.25, 0.3) is 0 Å². The molecule has 212 valence electrons. The van der Waals surface area contributed by atoms with Crippen LogP contribution in [-0.2, 0) is 22.8 Å². The van der Waals surface area contributed by atoms with Crippen molar-refractivity contribution in [2.75, 3.05) is 83.9 Å². The Balaban J connectivity index is 5.48. The first-order chi connectivity index (χ1) is 17.0. The van der Waals surface area contributed by atoms with Crippen LogP contribution in [0.2, 0.25) is 0 Å². The van der Waals surface area contributed by atoms with Crippen molar-refractivity contribution in [2.45, 2.75) is 93.4 Å². The second kappa shape index (κ2) is 23.7. The third-order valence-electron chi connectivity index (χ3n) is 5.73. The second-order valence-corrected chi connectivity index (χ2v) is 15.3. The monoisotopic (exact) mass is 541 g/mol. The van der Waals surface area contributed by atoms with Crippen molar-refractivity contribution in [3.8, 4) is 0 Å². The molecule has 0 heterocycles. The van der Waals surface area contributed by atoms with Gasteiger partial charge in [-0.15, -0.1) is 0 Å². The van der Waals surface area contributed by atoms with Gasteiger partial charge in [0.05, 0.1) is 26.4 Å². The van der Waals surface area contributed by atoms with Gasteiger partial charge in [-0.25, -0.2) is 18.1 Å². The van der Waals surface area contributed by atoms with Crippen molar-refractivity contribution in [1.29, 1.82) is 0 Å². The molecule has 0 saturated carbocycles. The molecule has 6 nitrogen and oxygen atoms in total. The zero-order valence-electron chi connectivity index (χ0n) is 24.5. The highest BCUT2D eigenvalue weighted by Gasteiger charge is 2.43. The van der Waals surface area contributed by atoms with Gasteiger partial charge in [-0.2, -0.15) is 0 Å². The summed E-state index contributed by atoms with van der Waals surface area (Å²) >= 11 is 0. The molecule has 0 saturated heterocycles. The molecule has 0 rings (SSSR count). The molecule has 8 heteroatoms. The number of rotatable bonds is 27. The third kappa shape index (κ3) is 16.9. The van der Waals surface area contributed by atoms with Crippen molar-refractivity contribution >= 4 is 15.4 Å². The average molecular weight is 542 g/mol. The molecule has 0 aromatic rings. The summed E-state index contributed by atoms with van der Waals surface area (Å²) in [6, 6.07) is 0. The van der Waals surface area contributed by atoms with Crippen molar-refractivity contribution in [3.05, 3.63) is 0 Å². The van der Waals surface area contributed by atoms with E-state index in [1.165, 1.54) is 0 Å². The summed E-state index contributed by atoms with van der Waals surface area (Å²) in [7, 11) is -3.73. The number of ether oxygens (including phenoxy) is 1. The highest BCUT2D eigenvalue weighted by molar-refractivity contribution is 7.66. The maximum Gasteiger partial charge on any atom is 0.276 e. The van der Waals surface area contributed by atoms with Crippen molar-refractivity contribution in [2.24, 2.45) is 0 Å². The molecule has 0 radical (unpaired) electrons. The maximum absolute atomic E-state index is 6.50. The van der Waals surface area contributed by atoms with Gasteiger partial charge in [-0.1, -0.05) is 41.5 Å². The van der Waals surface area contributed by atoms with Gasteiger partial charge in [0, 0.05) is 32.8 Å². The van der Waals surface area contributed by atoms with Crippen LogP contribution in [-0.4, -0.2) is 88.8 Å². The van der Waals surface area contributed by atoms with Crippen LogP contribution in [0.4, 0.5) is 0 Å². The van der Waals surface area contributed by atoms with Crippen molar-refractivity contribution < 1.29 is 22.8 Å². The normalized spacial score (nSPS) is 12.7. The summed E-state index contributed by atoms with van der Waals surface area (Å²) in [5.74, 6) is 0. The molecule has 0 fully saturated rings. The molecule has 0 atom stereocenters. The zero-order chi connectivity index (χ0) is 26.3. The van der Waals surface area contributed by atoms with E-state index >= 15 is 0 Å². The lowest BCUT2D eigenvalue weighted by atomic mass is 10.4. The van der Waals surface area contributed by atoms with E-state index in [-0.39, 0.29) is 0 Å². The van der Waals surface area contributed by atoms with E-state index in [0.717, 1.165) is 129 Å². The molecule has 0 aliphatic heterocycles. The minimum absolute atomic E-state index is 0.779. The Morgan fingerprint density at radius 1 is 0.457 bits per heavy atom. The van der Waals surface area contributed by atoms with Gasteiger partial charge in [0.2, 0.25) is 0 Å². The van der Waals surface area contributed by atoms with Crippen LogP contribution < -0.4 is 0 Å². The Morgan fingerprint density at radius 3 is 1.17 bits per heavy atom. The van der Waals surface area contributed by atoms with Crippen LogP contribution in [0, 0.1) is 0 Å². The van der Waals surface area contributed by atoms with Gasteiger partial charge in [-0.3, -0.25) is 4.90 Å². The summed E-state index contributed by atoms with van der Waals surface area (Å²) < 4.78 is 31.7. The molecule has 0 aliphatic rings. The Hall–Kier alpha value is 0.620. The van der Waals surface area contributed by atoms with Gasteiger partial charge in [0.25, 0.3) is 15.4 Å². The van der Waals surface area contributed by atoms with Gasteiger partial charge in [-0.05, 0) is 51.9 Å². The lowest BCUT2D eigenvalue weighted by Crippen LogP contribution is -2.34. The first-order valence-corrected chi connectivity index (χ1v) is 18.6. The van der Waals surface area contributed by atoms with Gasteiger partial charge in [0.15, 0.2) is 0 Å².